The van der Waals surface area contributed by atoms with E-state index >= 15 is 0 Å². The average Bonchev–Trinajstić information content (AvgIpc) is 2.94. The van der Waals surface area contributed by atoms with Crippen LogP contribution in [0.25, 0.3) is 11.0 Å². The first-order chi connectivity index (χ1) is 11.7. The number of imidazole rings is 1. The number of carbonyl (C=O) groups is 1. The Labute approximate surface area is 151 Å². The number of fused-ring (bicyclic) bond motifs is 1. The molecule has 0 spiro atoms. The fraction of sp³-hybridized carbons (Fsp3) is 0.300. The van der Waals surface area contributed by atoms with Gasteiger partial charge in [-0.05, 0) is 35.9 Å². The normalized spacial score (nSPS) is 11.8. The van der Waals surface area contributed by atoms with Crippen LogP contribution in [0.1, 0.15) is 37.7 Å². The Kier molecular flexibility index (Phi) is 4.56. The zero-order valence-electron chi connectivity index (χ0n) is 14.6. The van der Waals surface area contributed by atoms with E-state index in [0.717, 1.165) is 22.4 Å². The van der Waals surface area contributed by atoms with E-state index in [4.69, 9.17) is 11.6 Å². The van der Waals surface area contributed by atoms with Crippen LogP contribution < -0.4 is 0 Å². The largest absolute Gasteiger partial charge is 0.508 e. The van der Waals surface area contributed by atoms with Crippen LogP contribution in [0.3, 0.4) is 0 Å². The van der Waals surface area contributed by atoms with E-state index in [0.29, 0.717) is 17.0 Å². The molecule has 2 N–H and O–H groups in total. The molecule has 0 amide bonds. The van der Waals surface area contributed by atoms with E-state index in [2.05, 4.69) is 30.7 Å². The maximum absolute atomic E-state index is 12.4. The van der Waals surface area contributed by atoms with Gasteiger partial charge in [0.05, 0.1) is 11.0 Å². The third-order valence-corrected chi connectivity index (χ3v) is 4.32. The molecule has 1 aromatic heterocycles. The molecule has 3 aromatic rings. The molecule has 0 aliphatic heterocycles. The molecule has 3 rings (SSSR count). The molecule has 0 aliphatic carbocycles. The molecular formula is C20H21ClN2O2. The molecular weight excluding hydrogens is 336 g/mol. The van der Waals surface area contributed by atoms with Crippen LogP contribution in [0.5, 0.6) is 5.75 Å². The van der Waals surface area contributed by atoms with Crippen LogP contribution in [-0.4, -0.2) is 20.9 Å². The van der Waals surface area contributed by atoms with Crippen LogP contribution in [0, 0.1) is 0 Å². The lowest BCUT2D eigenvalue weighted by Crippen LogP contribution is -2.12. The van der Waals surface area contributed by atoms with E-state index in [9.17, 15) is 9.90 Å². The van der Waals surface area contributed by atoms with Crippen LogP contribution in [0.2, 0.25) is 5.02 Å². The summed E-state index contributed by atoms with van der Waals surface area (Å²) >= 11 is 5.93. The first kappa shape index (κ1) is 17.5. The molecule has 5 heteroatoms. The average molecular weight is 357 g/mol. The third kappa shape index (κ3) is 4.02. The molecule has 4 nitrogen and oxygen atoms in total. The number of aromatic nitrogens is 2. The second-order valence-corrected chi connectivity index (χ2v) is 7.79. The Morgan fingerprint density at radius 1 is 1.16 bits per heavy atom. The molecule has 0 saturated carbocycles. The number of ketones is 1. The molecule has 0 aliphatic rings. The van der Waals surface area contributed by atoms with Crippen molar-refractivity contribution in [2.45, 2.75) is 39.0 Å². The Balaban J connectivity index is 1.78. The number of carbonyl (C=O) groups excluding carboxylic acids is 1. The van der Waals surface area contributed by atoms with Gasteiger partial charge in [0.2, 0.25) is 0 Å². The van der Waals surface area contributed by atoms with Gasteiger partial charge in [0.15, 0.2) is 0 Å². The topological polar surface area (TPSA) is 66.0 Å². The molecule has 2 aromatic carbocycles. The highest BCUT2D eigenvalue weighted by atomic mass is 35.5. The van der Waals surface area contributed by atoms with Crippen molar-refractivity contribution < 1.29 is 9.90 Å². The molecule has 25 heavy (non-hydrogen) atoms. The summed E-state index contributed by atoms with van der Waals surface area (Å²) in [7, 11) is 0. The summed E-state index contributed by atoms with van der Waals surface area (Å²) in [5, 5.41) is 10.4. The number of hydrogen-bond donors (Lipinski definition) is 2. The Morgan fingerprint density at radius 2 is 1.92 bits per heavy atom. The summed E-state index contributed by atoms with van der Waals surface area (Å²) < 4.78 is 0. The number of H-pyrrole nitrogens is 1. The van der Waals surface area contributed by atoms with Crippen LogP contribution in [0.4, 0.5) is 0 Å². The number of halogens is 1. The minimum atomic E-state index is -0.0564. The summed E-state index contributed by atoms with van der Waals surface area (Å²) in [5.41, 5.74) is 3.24. The molecule has 0 bridgehead atoms. The number of nitrogens with one attached hydrogen (secondary N) is 1. The second-order valence-electron chi connectivity index (χ2n) is 7.35. The lowest BCUT2D eigenvalue weighted by Gasteiger charge is -2.13. The lowest BCUT2D eigenvalue weighted by molar-refractivity contribution is -0.117. The maximum Gasteiger partial charge on any atom is 0.141 e. The van der Waals surface area contributed by atoms with Gasteiger partial charge in [-0.1, -0.05) is 38.4 Å². The smallest absolute Gasteiger partial charge is 0.141 e. The minimum Gasteiger partial charge on any atom is -0.508 e. The minimum absolute atomic E-state index is 0.0208. The SMILES string of the molecule is CC(C)(C)c1nc2ccc(CC(=O)Cc3cc(Cl)ccc3O)cc2[nH]1. The summed E-state index contributed by atoms with van der Waals surface area (Å²) in [6.07, 6.45) is 0.451. The van der Waals surface area contributed by atoms with Gasteiger partial charge in [0.1, 0.15) is 17.4 Å². The molecule has 0 unspecified atom stereocenters. The number of Topliss-reactive ketones (excluding diaryl/α,β-unsaturated/α-hetero) is 1. The molecule has 0 atom stereocenters. The summed E-state index contributed by atoms with van der Waals surface area (Å²) in [4.78, 5) is 20.3. The van der Waals surface area contributed by atoms with Crippen LogP contribution in [0.15, 0.2) is 36.4 Å². The van der Waals surface area contributed by atoms with Gasteiger partial charge in [0, 0.05) is 28.8 Å². The first-order valence-electron chi connectivity index (χ1n) is 8.20. The highest BCUT2D eigenvalue weighted by Gasteiger charge is 2.18. The number of phenols is 1. The van der Waals surface area contributed by atoms with Gasteiger partial charge in [0.25, 0.3) is 0 Å². The van der Waals surface area contributed by atoms with Crippen molar-refractivity contribution in [1.29, 1.82) is 0 Å². The number of aromatic hydroxyl groups is 1. The van der Waals surface area contributed by atoms with Gasteiger partial charge < -0.3 is 10.1 Å². The van der Waals surface area contributed by atoms with Gasteiger partial charge >= 0.3 is 0 Å². The Hall–Kier alpha value is -2.33. The standard InChI is InChI=1S/C20H21ClN2O2/c1-20(2,3)19-22-16-6-4-12(9-17(16)23-19)8-15(24)11-13-10-14(21)5-7-18(13)25/h4-7,9-10,25H,8,11H2,1-3H3,(H,22,23). The molecule has 0 radical (unpaired) electrons. The van der Waals surface area contributed by atoms with Gasteiger partial charge in [-0.2, -0.15) is 0 Å². The highest BCUT2D eigenvalue weighted by Crippen LogP contribution is 2.24. The summed E-state index contributed by atoms with van der Waals surface area (Å²) in [6.45, 7) is 6.31. The van der Waals surface area contributed by atoms with E-state index in [1.165, 1.54) is 6.07 Å². The molecule has 130 valence electrons. The van der Waals surface area contributed by atoms with E-state index < -0.39 is 0 Å². The molecule has 0 saturated heterocycles. The van der Waals surface area contributed by atoms with Crippen LogP contribution >= 0.6 is 11.6 Å². The van der Waals surface area contributed by atoms with E-state index in [1.807, 2.05) is 18.2 Å². The second kappa shape index (κ2) is 6.52. The van der Waals surface area contributed by atoms with Gasteiger partial charge in [-0.25, -0.2) is 4.98 Å². The zero-order chi connectivity index (χ0) is 18.2. The van der Waals surface area contributed by atoms with Crippen molar-refractivity contribution in [3.8, 4) is 5.75 Å². The zero-order valence-corrected chi connectivity index (χ0v) is 15.3. The fourth-order valence-corrected chi connectivity index (χ4v) is 2.91. The van der Waals surface area contributed by atoms with Gasteiger partial charge in [-0.15, -0.1) is 0 Å². The van der Waals surface area contributed by atoms with Gasteiger partial charge in [-0.3, -0.25) is 4.79 Å². The maximum atomic E-state index is 12.4. The van der Waals surface area contributed by atoms with E-state index in [-0.39, 0.29) is 23.4 Å². The molecule has 1 heterocycles. The number of rotatable bonds is 4. The first-order valence-corrected chi connectivity index (χ1v) is 8.58. The van der Waals surface area contributed by atoms with Crippen molar-refractivity contribution >= 4 is 28.4 Å². The Bertz CT molecular complexity index is 939. The number of hydrogen-bond acceptors (Lipinski definition) is 3. The highest BCUT2D eigenvalue weighted by molar-refractivity contribution is 6.30. The lowest BCUT2D eigenvalue weighted by atomic mass is 9.96. The van der Waals surface area contributed by atoms with Crippen molar-refractivity contribution in [1.82, 2.24) is 9.97 Å². The van der Waals surface area contributed by atoms with Crippen molar-refractivity contribution in [3.05, 3.63) is 58.4 Å². The number of nitrogens with zero attached hydrogens (tertiary/aromatic N) is 1. The predicted molar refractivity (Wildman–Crippen MR) is 100 cm³/mol. The fourth-order valence-electron chi connectivity index (χ4n) is 2.72. The van der Waals surface area contributed by atoms with Crippen molar-refractivity contribution in [3.63, 3.8) is 0 Å². The predicted octanol–water partition coefficient (Wildman–Crippen LogP) is 4.57. The summed E-state index contributed by atoms with van der Waals surface area (Å²) in [5.74, 6) is 1.04. The van der Waals surface area contributed by atoms with Crippen molar-refractivity contribution in [2.75, 3.05) is 0 Å². The number of benzene rings is 2. The quantitative estimate of drug-likeness (QED) is 0.719. The Morgan fingerprint density at radius 3 is 2.64 bits per heavy atom. The van der Waals surface area contributed by atoms with Crippen LogP contribution in [-0.2, 0) is 23.1 Å². The summed E-state index contributed by atoms with van der Waals surface area (Å²) in [6, 6.07) is 10.6. The monoisotopic (exact) mass is 356 g/mol. The van der Waals surface area contributed by atoms with E-state index in [1.54, 1.807) is 12.1 Å². The number of phenolic OH excluding ortho intramolecular Hbond substituents is 1. The third-order valence-electron chi connectivity index (χ3n) is 4.09. The molecule has 0 fully saturated rings. The number of aromatic amines is 1. The van der Waals surface area contributed by atoms with Crippen molar-refractivity contribution in [2.24, 2.45) is 0 Å².